The van der Waals surface area contributed by atoms with Gasteiger partial charge in [-0.05, 0) is 31.6 Å². The Labute approximate surface area is 138 Å². The average molecular weight is 323 g/mol. The summed E-state index contributed by atoms with van der Waals surface area (Å²) in [4.78, 5) is 28.3. The topological polar surface area (TPSA) is 61.9 Å². The van der Waals surface area contributed by atoms with E-state index in [1.807, 2.05) is 9.80 Å². The van der Waals surface area contributed by atoms with E-state index in [0.29, 0.717) is 31.3 Å². The van der Waals surface area contributed by atoms with Crippen LogP contribution < -0.4 is 5.32 Å². The van der Waals surface area contributed by atoms with Crippen LogP contribution in [0.4, 0.5) is 0 Å². The van der Waals surface area contributed by atoms with Crippen LogP contribution >= 0.6 is 0 Å². The lowest BCUT2D eigenvalue weighted by Crippen LogP contribution is -2.47. The van der Waals surface area contributed by atoms with Gasteiger partial charge in [-0.25, -0.2) is 0 Å². The van der Waals surface area contributed by atoms with Crippen molar-refractivity contribution < 1.29 is 14.3 Å². The predicted molar refractivity (Wildman–Crippen MR) is 87.0 cm³/mol. The number of nitrogens with zero attached hydrogens (tertiary/aromatic N) is 2. The zero-order chi connectivity index (χ0) is 16.1. The molecule has 3 rings (SSSR count). The minimum absolute atomic E-state index is 0.167. The summed E-state index contributed by atoms with van der Waals surface area (Å²) in [5.74, 6) is 1.11. The Morgan fingerprint density at radius 3 is 2.74 bits per heavy atom. The summed E-state index contributed by atoms with van der Waals surface area (Å²) in [6.45, 7) is 5.69. The smallest absolute Gasteiger partial charge is 0.224 e. The van der Waals surface area contributed by atoms with Crippen molar-refractivity contribution in [3.05, 3.63) is 0 Å². The highest BCUT2D eigenvalue weighted by molar-refractivity contribution is 5.77. The van der Waals surface area contributed by atoms with Crippen molar-refractivity contribution in [1.29, 1.82) is 0 Å². The van der Waals surface area contributed by atoms with E-state index in [1.54, 1.807) is 0 Å². The number of carbonyl (C=O) groups excluding carboxylic acids is 2. The van der Waals surface area contributed by atoms with Gasteiger partial charge in [0.25, 0.3) is 0 Å². The molecular weight excluding hydrogens is 294 g/mol. The molecule has 0 saturated carbocycles. The van der Waals surface area contributed by atoms with Crippen LogP contribution in [0.1, 0.15) is 38.5 Å². The number of hydrogen-bond donors (Lipinski definition) is 1. The number of ether oxygens (including phenoxy) is 1. The van der Waals surface area contributed by atoms with E-state index in [9.17, 15) is 9.59 Å². The molecule has 0 bridgehead atoms. The Balaban J connectivity index is 1.39. The second-order valence-corrected chi connectivity index (χ2v) is 7.05. The van der Waals surface area contributed by atoms with E-state index in [1.165, 1.54) is 0 Å². The number of amides is 2. The predicted octanol–water partition coefficient (Wildman–Crippen LogP) is 0.616. The van der Waals surface area contributed by atoms with Crippen molar-refractivity contribution in [1.82, 2.24) is 15.1 Å². The zero-order valence-corrected chi connectivity index (χ0v) is 14.0. The SMILES string of the molecule is O=C(CC1COCCN1)N1CCC(CN2CCCCC2=O)CC1. The number of hydrogen-bond acceptors (Lipinski definition) is 4. The normalized spacial score (nSPS) is 27.3. The van der Waals surface area contributed by atoms with Gasteiger partial charge in [-0.2, -0.15) is 0 Å². The number of carbonyl (C=O) groups is 2. The zero-order valence-electron chi connectivity index (χ0n) is 14.0. The fourth-order valence-electron chi connectivity index (χ4n) is 3.82. The number of likely N-dealkylation sites (tertiary alicyclic amines) is 2. The van der Waals surface area contributed by atoms with E-state index in [4.69, 9.17) is 4.74 Å². The molecule has 2 amide bonds. The highest BCUT2D eigenvalue weighted by Crippen LogP contribution is 2.21. The first kappa shape index (κ1) is 16.7. The molecule has 0 aromatic rings. The molecule has 3 aliphatic heterocycles. The monoisotopic (exact) mass is 323 g/mol. The molecule has 6 nitrogen and oxygen atoms in total. The minimum atomic E-state index is 0.167. The third-order valence-corrected chi connectivity index (χ3v) is 5.29. The van der Waals surface area contributed by atoms with Crippen molar-refractivity contribution >= 4 is 11.8 Å². The van der Waals surface area contributed by atoms with Crippen LogP contribution in [0.5, 0.6) is 0 Å². The molecule has 0 aliphatic carbocycles. The standard InChI is InChI=1S/C17H29N3O3/c21-16-3-1-2-7-20(16)12-14-4-8-19(9-5-14)17(22)11-15-13-23-10-6-18-15/h14-15,18H,1-13H2. The lowest BCUT2D eigenvalue weighted by molar-refractivity contribution is -0.136. The quantitative estimate of drug-likeness (QED) is 0.824. The molecule has 1 N–H and O–H groups in total. The highest BCUT2D eigenvalue weighted by Gasteiger charge is 2.28. The summed E-state index contributed by atoms with van der Waals surface area (Å²) in [5, 5.41) is 3.34. The van der Waals surface area contributed by atoms with Crippen LogP contribution in [0.25, 0.3) is 0 Å². The van der Waals surface area contributed by atoms with Gasteiger partial charge in [0.15, 0.2) is 0 Å². The van der Waals surface area contributed by atoms with Crippen LogP contribution in [0.2, 0.25) is 0 Å². The van der Waals surface area contributed by atoms with E-state index in [2.05, 4.69) is 5.32 Å². The minimum Gasteiger partial charge on any atom is -0.378 e. The molecule has 3 aliphatic rings. The second kappa shape index (κ2) is 8.11. The summed E-state index contributed by atoms with van der Waals surface area (Å²) in [7, 11) is 0. The molecule has 0 aromatic heterocycles. The van der Waals surface area contributed by atoms with E-state index >= 15 is 0 Å². The molecular formula is C17H29N3O3. The summed E-state index contributed by atoms with van der Waals surface area (Å²) < 4.78 is 5.41. The number of rotatable bonds is 4. The molecule has 1 unspecified atom stereocenters. The molecule has 0 radical (unpaired) electrons. The van der Waals surface area contributed by atoms with Gasteiger partial charge >= 0.3 is 0 Å². The molecule has 23 heavy (non-hydrogen) atoms. The Morgan fingerprint density at radius 2 is 2.04 bits per heavy atom. The van der Waals surface area contributed by atoms with Crippen LogP contribution in [-0.2, 0) is 14.3 Å². The summed E-state index contributed by atoms with van der Waals surface area (Å²) >= 11 is 0. The fraction of sp³-hybridized carbons (Fsp3) is 0.882. The second-order valence-electron chi connectivity index (χ2n) is 7.05. The molecule has 3 saturated heterocycles. The van der Waals surface area contributed by atoms with E-state index < -0.39 is 0 Å². The Kier molecular flexibility index (Phi) is 5.89. The maximum absolute atomic E-state index is 12.4. The largest absolute Gasteiger partial charge is 0.378 e. The molecule has 3 heterocycles. The first-order valence-corrected chi connectivity index (χ1v) is 9.09. The highest BCUT2D eigenvalue weighted by atomic mass is 16.5. The number of nitrogens with one attached hydrogen (secondary N) is 1. The average Bonchev–Trinajstić information content (AvgIpc) is 2.58. The van der Waals surface area contributed by atoms with Crippen molar-refractivity contribution in [2.75, 3.05) is 45.9 Å². The van der Waals surface area contributed by atoms with Gasteiger partial charge in [-0.15, -0.1) is 0 Å². The van der Waals surface area contributed by atoms with Gasteiger partial charge in [0, 0.05) is 51.6 Å². The van der Waals surface area contributed by atoms with Gasteiger partial charge in [0.2, 0.25) is 11.8 Å². The third kappa shape index (κ3) is 4.67. The fourth-order valence-corrected chi connectivity index (χ4v) is 3.82. The van der Waals surface area contributed by atoms with Crippen LogP contribution in [-0.4, -0.2) is 73.6 Å². The van der Waals surface area contributed by atoms with Gasteiger partial charge in [0.1, 0.15) is 0 Å². The molecule has 6 heteroatoms. The van der Waals surface area contributed by atoms with E-state index in [0.717, 1.165) is 65.0 Å². The lowest BCUT2D eigenvalue weighted by Gasteiger charge is -2.36. The van der Waals surface area contributed by atoms with Crippen molar-refractivity contribution in [3.8, 4) is 0 Å². The summed E-state index contributed by atoms with van der Waals surface area (Å²) in [6, 6.07) is 0.167. The molecule has 3 fully saturated rings. The molecule has 0 spiro atoms. The van der Waals surface area contributed by atoms with Crippen LogP contribution in [0.3, 0.4) is 0 Å². The van der Waals surface area contributed by atoms with Crippen molar-refractivity contribution in [2.24, 2.45) is 5.92 Å². The summed E-state index contributed by atoms with van der Waals surface area (Å²) in [5.41, 5.74) is 0. The number of morpholine rings is 1. The van der Waals surface area contributed by atoms with Gasteiger partial charge in [-0.1, -0.05) is 0 Å². The molecule has 1 atom stereocenters. The van der Waals surface area contributed by atoms with E-state index in [-0.39, 0.29) is 11.9 Å². The first-order valence-electron chi connectivity index (χ1n) is 9.09. The third-order valence-electron chi connectivity index (χ3n) is 5.29. The van der Waals surface area contributed by atoms with Crippen LogP contribution in [0, 0.1) is 5.92 Å². The maximum Gasteiger partial charge on any atom is 0.224 e. The van der Waals surface area contributed by atoms with Crippen molar-refractivity contribution in [2.45, 2.75) is 44.6 Å². The molecule has 130 valence electrons. The maximum atomic E-state index is 12.4. The number of piperidine rings is 2. The van der Waals surface area contributed by atoms with Gasteiger partial charge in [-0.3, -0.25) is 9.59 Å². The van der Waals surface area contributed by atoms with Crippen LogP contribution in [0.15, 0.2) is 0 Å². The Bertz CT molecular complexity index is 415. The lowest BCUT2D eigenvalue weighted by atomic mass is 9.94. The summed E-state index contributed by atoms with van der Waals surface area (Å²) in [6.07, 6.45) is 5.47. The Hall–Kier alpha value is -1.14. The van der Waals surface area contributed by atoms with Crippen molar-refractivity contribution in [3.63, 3.8) is 0 Å². The van der Waals surface area contributed by atoms with Gasteiger partial charge < -0.3 is 19.9 Å². The first-order chi connectivity index (χ1) is 11.2. The molecule has 0 aromatic carbocycles. The Morgan fingerprint density at radius 1 is 1.22 bits per heavy atom. The van der Waals surface area contributed by atoms with Gasteiger partial charge in [0.05, 0.1) is 13.2 Å².